The van der Waals surface area contributed by atoms with E-state index < -0.39 is 5.97 Å². The molecule has 0 aliphatic rings. The van der Waals surface area contributed by atoms with Gasteiger partial charge in [-0.25, -0.2) is 4.79 Å². The molecule has 0 aliphatic heterocycles. The van der Waals surface area contributed by atoms with Gasteiger partial charge in [-0.05, 0) is 23.6 Å². The second-order valence-corrected chi connectivity index (χ2v) is 5.77. The summed E-state index contributed by atoms with van der Waals surface area (Å²) in [5.74, 6) is -1.40. The fourth-order valence-electron chi connectivity index (χ4n) is 1.57. The summed E-state index contributed by atoms with van der Waals surface area (Å²) >= 11 is 13.4. The molecule has 0 aliphatic carbocycles. The van der Waals surface area contributed by atoms with E-state index in [0.717, 1.165) is 4.88 Å². The molecule has 0 saturated carbocycles. The minimum atomic E-state index is -1.13. The summed E-state index contributed by atoms with van der Waals surface area (Å²) < 4.78 is 0. The molecule has 0 fully saturated rings. The summed E-state index contributed by atoms with van der Waals surface area (Å²) in [6.07, 6.45) is 0.213. The molecule has 1 heterocycles. The smallest absolute Gasteiger partial charge is 0.335 e. The summed E-state index contributed by atoms with van der Waals surface area (Å²) in [6.45, 7) is 0. The summed E-state index contributed by atoms with van der Waals surface area (Å²) in [7, 11) is 0. The van der Waals surface area contributed by atoms with Crippen molar-refractivity contribution in [3.8, 4) is 0 Å². The predicted octanol–water partition coefficient (Wildman–Crippen LogP) is 3.93. The minimum Gasteiger partial charge on any atom is -0.478 e. The number of carboxylic acid groups (broad SMARTS) is 1. The van der Waals surface area contributed by atoms with Crippen molar-refractivity contribution < 1.29 is 14.7 Å². The van der Waals surface area contributed by atoms with Crippen molar-refractivity contribution in [1.29, 1.82) is 0 Å². The van der Waals surface area contributed by atoms with Gasteiger partial charge in [-0.15, -0.1) is 11.3 Å². The number of halogens is 2. The van der Waals surface area contributed by atoms with E-state index >= 15 is 0 Å². The lowest BCUT2D eigenvalue weighted by Crippen LogP contribution is -2.14. The van der Waals surface area contributed by atoms with E-state index in [4.69, 9.17) is 28.3 Å². The van der Waals surface area contributed by atoms with Gasteiger partial charge < -0.3 is 10.4 Å². The Hall–Kier alpha value is -1.56. The van der Waals surface area contributed by atoms with Gasteiger partial charge in [-0.1, -0.05) is 29.3 Å². The lowest BCUT2D eigenvalue weighted by molar-refractivity contribution is -0.115. The van der Waals surface area contributed by atoms with Crippen molar-refractivity contribution in [3.63, 3.8) is 0 Å². The van der Waals surface area contributed by atoms with Gasteiger partial charge in [-0.3, -0.25) is 4.79 Å². The van der Waals surface area contributed by atoms with Gasteiger partial charge in [0.25, 0.3) is 0 Å². The highest BCUT2D eigenvalue weighted by Gasteiger charge is 2.14. The van der Waals surface area contributed by atoms with Crippen molar-refractivity contribution in [3.05, 3.63) is 50.1 Å². The van der Waals surface area contributed by atoms with Crippen molar-refractivity contribution in [2.75, 3.05) is 5.32 Å². The molecule has 1 aromatic carbocycles. The van der Waals surface area contributed by atoms with E-state index in [0.29, 0.717) is 0 Å². The highest BCUT2D eigenvalue weighted by Crippen LogP contribution is 2.32. The molecule has 1 amide bonds. The number of carbonyl (C=O) groups excluding carboxylic acids is 1. The van der Waals surface area contributed by atoms with E-state index in [1.807, 2.05) is 17.5 Å². The van der Waals surface area contributed by atoms with E-state index in [9.17, 15) is 9.59 Å². The van der Waals surface area contributed by atoms with Crippen molar-refractivity contribution in [1.82, 2.24) is 0 Å². The van der Waals surface area contributed by atoms with E-state index in [1.165, 1.54) is 23.5 Å². The average Bonchev–Trinajstić information content (AvgIpc) is 2.86. The standard InChI is InChI=1S/C13H9Cl2NO3S/c14-9-4-7(13(18)19)5-10(15)12(9)16-11(17)6-8-2-1-3-20-8/h1-5H,6H2,(H,16,17)(H,18,19). The lowest BCUT2D eigenvalue weighted by atomic mass is 10.2. The molecule has 0 bridgehead atoms. The zero-order valence-electron chi connectivity index (χ0n) is 10.0. The topological polar surface area (TPSA) is 66.4 Å². The molecule has 2 rings (SSSR count). The molecule has 0 spiro atoms. The van der Waals surface area contributed by atoms with Crippen LogP contribution in [0.25, 0.3) is 0 Å². The zero-order valence-corrected chi connectivity index (χ0v) is 12.4. The first-order valence-corrected chi connectivity index (χ1v) is 7.15. The van der Waals surface area contributed by atoms with Gasteiger partial charge in [-0.2, -0.15) is 0 Å². The predicted molar refractivity (Wildman–Crippen MR) is 80.1 cm³/mol. The highest BCUT2D eigenvalue weighted by atomic mass is 35.5. The monoisotopic (exact) mass is 329 g/mol. The SMILES string of the molecule is O=C(Cc1cccs1)Nc1c(Cl)cc(C(=O)O)cc1Cl. The number of carboxylic acids is 1. The number of rotatable bonds is 4. The first-order chi connectivity index (χ1) is 9.47. The molecule has 2 aromatic rings. The number of carbonyl (C=O) groups is 2. The Morgan fingerprint density at radius 2 is 1.90 bits per heavy atom. The number of amides is 1. The van der Waals surface area contributed by atoms with Gasteiger partial charge in [0.15, 0.2) is 0 Å². The van der Waals surface area contributed by atoms with Crippen LogP contribution < -0.4 is 5.32 Å². The second-order valence-electron chi connectivity index (χ2n) is 3.92. The van der Waals surface area contributed by atoms with Gasteiger partial charge in [0.1, 0.15) is 0 Å². The molecule has 104 valence electrons. The molecule has 2 N–H and O–H groups in total. The first-order valence-electron chi connectivity index (χ1n) is 5.52. The molecule has 7 heteroatoms. The maximum Gasteiger partial charge on any atom is 0.335 e. The van der Waals surface area contributed by atoms with Crippen LogP contribution in [0.1, 0.15) is 15.2 Å². The molecule has 20 heavy (non-hydrogen) atoms. The molecular weight excluding hydrogens is 321 g/mol. The van der Waals surface area contributed by atoms with E-state index in [-0.39, 0.29) is 33.6 Å². The third-order valence-electron chi connectivity index (χ3n) is 2.47. The summed E-state index contributed by atoms with van der Waals surface area (Å²) in [4.78, 5) is 23.6. The number of nitrogens with one attached hydrogen (secondary N) is 1. The molecule has 1 aromatic heterocycles. The van der Waals surface area contributed by atoms with Crippen LogP contribution in [-0.4, -0.2) is 17.0 Å². The van der Waals surface area contributed by atoms with Gasteiger partial charge >= 0.3 is 5.97 Å². The maximum atomic E-state index is 11.9. The molecule has 4 nitrogen and oxygen atoms in total. The van der Waals surface area contributed by atoms with Crippen LogP contribution in [0, 0.1) is 0 Å². The van der Waals surface area contributed by atoms with Crippen LogP contribution in [0.15, 0.2) is 29.6 Å². The van der Waals surface area contributed by atoms with Gasteiger partial charge in [0.05, 0.1) is 27.7 Å². The second kappa shape index (κ2) is 6.26. The third kappa shape index (κ3) is 3.50. The van der Waals surface area contributed by atoms with Gasteiger partial charge in [0.2, 0.25) is 5.91 Å². The number of aromatic carboxylic acids is 1. The molecule has 0 unspecified atom stereocenters. The fourth-order valence-corrected chi connectivity index (χ4v) is 2.86. The van der Waals surface area contributed by atoms with E-state index in [1.54, 1.807) is 0 Å². The van der Waals surface area contributed by atoms with Crippen LogP contribution in [0.2, 0.25) is 10.0 Å². The fraction of sp³-hybridized carbons (Fsp3) is 0.0769. The Morgan fingerprint density at radius 1 is 1.25 bits per heavy atom. The minimum absolute atomic E-state index is 0.0312. The maximum absolute atomic E-state index is 11.9. The normalized spacial score (nSPS) is 10.3. The average molecular weight is 330 g/mol. The van der Waals surface area contributed by atoms with Crippen molar-refractivity contribution in [2.45, 2.75) is 6.42 Å². The highest BCUT2D eigenvalue weighted by molar-refractivity contribution is 7.10. The van der Waals surface area contributed by atoms with Crippen LogP contribution >= 0.6 is 34.5 Å². The Labute approximate surface area is 128 Å². The summed E-state index contributed by atoms with van der Waals surface area (Å²) in [5, 5.41) is 13.5. The molecule has 0 radical (unpaired) electrons. The Kier molecular flexibility index (Phi) is 4.65. The number of anilines is 1. The molecule has 0 saturated heterocycles. The van der Waals surface area contributed by atoms with Crippen LogP contribution in [0.5, 0.6) is 0 Å². The van der Waals surface area contributed by atoms with Crippen LogP contribution in [0.3, 0.4) is 0 Å². The lowest BCUT2D eigenvalue weighted by Gasteiger charge is -2.10. The number of hydrogen-bond acceptors (Lipinski definition) is 3. The number of hydrogen-bond donors (Lipinski definition) is 2. The van der Waals surface area contributed by atoms with Crippen LogP contribution in [-0.2, 0) is 11.2 Å². The Bertz CT molecular complexity index is 633. The largest absolute Gasteiger partial charge is 0.478 e. The first kappa shape index (κ1) is 14.8. The van der Waals surface area contributed by atoms with Crippen molar-refractivity contribution >= 4 is 52.1 Å². The summed E-state index contributed by atoms with van der Waals surface area (Å²) in [6, 6.07) is 6.20. The Balaban J connectivity index is 2.17. The van der Waals surface area contributed by atoms with E-state index in [2.05, 4.69) is 5.32 Å². The quantitative estimate of drug-likeness (QED) is 0.892. The number of thiophene rings is 1. The third-order valence-corrected chi connectivity index (χ3v) is 3.94. The van der Waals surface area contributed by atoms with Crippen molar-refractivity contribution in [2.24, 2.45) is 0 Å². The number of benzene rings is 1. The zero-order chi connectivity index (χ0) is 14.7. The Morgan fingerprint density at radius 3 is 2.40 bits per heavy atom. The molecule has 0 atom stereocenters. The van der Waals surface area contributed by atoms with Gasteiger partial charge in [0, 0.05) is 4.88 Å². The van der Waals surface area contributed by atoms with Crippen LogP contribution in [0.4, 0.5) is 5.69 Å². The molecular formula is C13H9Cl2NO3S. The summed E-state index contributed by atoms with van der Waals surface area (Å²) in [5.41, 5.74) is 0.191.